The number of carbonyl (C=O) groups is 1. The molecule has 0 spiro atoms. The number of aryl methyl sites for hydroxylation is 1. The van der Waals surface area contributed by atoms with Crippen molar-refractivity contribution in [2.75, 3.05) is 6.61 Å². The van der Waals surface area contributed by atoms with Gasteiger partial charge in [0, 0.05) is 11.8 Å². The van der Waals surface area contributed by atoms with E-state index >= 15 is 0 Å². The van der Waals surface area contributed by atoms with Crippen molar-refractivity contribution >= 4 is 11.6 Å². The van der Waals surface area contributed by atoms with Gasteiger partial charge >= 0.3 is 5.97 Å². The molecule has 96 valence electrons. The Labute approximate surface area is 102 Å². The van der Waals surface area contributed by atoms with Gasteiger partial charge in [0.1, 0.15) is 0 Å². The van der Waals surface area contributed by atoms with Crippen LogP contribution in [0.5, 0.6) is 5.88 Å². The zero-order valence-electron chi connectivity index (χ0n) is 10.1. The maximum atomic E-state index is 11.7. The van der Waals surface area contributed by atoms with E-state index in [-0.39, 0.29) is 23.7 Å². The predicted octanol–water partition coefficient (Wildman–Crippen LogP) is 0.603. The van der Waals surface area contributed by atoms with Gasteiger partial charge in [-0.1, -0.05) is 6.92 Å². The number of H-pyrrole nitrogens is 1. The lowest BCUT2D eigenvalue weighted by molar-refractivity contribution is 0.0505. The van der Waals surface area contributed by atoms with Crippen LogP contribution in [0.2, 0.25) is 0 Å². The maximum absolute atomic E-state index is 11.7. The summed E-state index contributed by atoms with van der Waals surface area (Å²) in [5, 5.41) is 12.0. The Kier molecular flexibility index (Phi) is 3.05. The molecule has 0 saturated heterocycles. The first-order valence-electron chi connectivity index (χ1n) is 5.53. The quantitative estimate of drug-likeness (QED) is 0.779. The molecule has 2 N–H and O–H groups in total. The van der Waals surface area contributed by atoms with Crippen molar-refractivity contribution in [3.05, 3.63) is 27.7 Å². The standard InChI is InChI=1S/C11H13N3O4/c1-3-4-18-11(17)8-9-12-6(2)5-7(15)14(9)13-10(8)16/h5,15H,3-4H2,1-2H3,(H,13,16). The normalized spacial score (nSPS) is 10.8. The molecule has 0 unspecified atom stereocenters. The van der Waals surface area contributed by atoms with Crippen LogP contribution < -0.4 is 5.56 Å². The maximum Gasteiger partial charge on any atom is 0.347 e. The third kappa shape index (κ3) is 1.94. The second kappa shape index (κ2) is 4.52. The fourth-order valence-electron chi connectivity index (χ4n) is 1.60. The van der Waals surface area contributed by atoms with Crippen LogP contribution in [-0.4, -0.2) is 32.3 Å². The summed E-state index contributed by atoms with van der Waals surface area (Å²) in [7, 11) is 0. The highest BCUT2D eigenvalue weighted by molar-refractivity contribution is 5.95. The van der Waals surface area contributed by atoms with Gasteiger partial charge in [-0.2, -0.15) is 0 Å². The molecule has 0 atom stereocenters. The lowest BCUT2D eigenvalue weighted by Crippen LogP contribution is -2.15. The Hall–Kier alpha value is -2.31. The fourth-order valence-corrected chi connectivity index (χ4v) is 1.60. The van der Waals surface area contributed by atoms with Crippen LogP contribution in [0.25, 0.3) is 5.65 Å². The molecule has 0 aliphatic carbocycles. The monoisotopic (exact) mass is 251 g/mol. The predicted molar refractivity (Wildman–Crippen MR) is 62.8 cm³/mol. The largest absolute Gasteiger partial charge is 0.493 e. The lowest BCUT2D eigenvalue weighted by atomic mass is 10.3. The van der Waals surface area contributed by atoms with Crippen LogP contribution in [-0.2, 0) is 4.74 Å². The first kappa shape index (κ1) is 12.2. The molecule has 0 amide bonds. The Morgan fingerprint density at radius 1 is 1.61 bits per heavy atom. The van der Waals surface area contributed by atoms with Crippen LogP contribution in [0, 0.1) is 6.92 Å². The summed E-state index contributed by atoms with van der Waals surface area (Å²) in [6.45, 7) is 3.73. The molecule has 0 aliphatic rings. The molecule has 2 heterocycles. The highest BCUT2D eigenvalue weighted by Crippen LogP contribution is 2.14. The second-order valence-corrected chi connectivity index (χ2v) is 3.87. The van der Waals surface area contributed by atoms with Crippen LogP contribution in [0.1, 0.15) is 29.4 Å². The van der Waals surface area contributed by atoms with Gasteiger partial charge in [0.05, 0.1) is 6.61 Å². The zero-order chi connectivity index (χ0) is 13.3. The number of nitrogens with zero attached hydrogens (tertiary/aromatic N) is 2. The highest BCUT2D eigenvalue weighted by atomic mass is 16.5. The molecular formula is C11H13N3O4. The van der Waals surface area contributed by atoms with Gasteiger partial charge in [-0.05, 0) is 13.3 Å². The molecule has 0 aliphatic heterocycles. The van der Waals surface area contributed by atoms with E-state index < -0.39 is 11.5 Å². The average Bonchev–Trinajstić information content (AvgIpc) is 2.63. The molecule has 2 aromatic heterocycles. The molecule has 7 heteroatoms. The summed E-state index contributed by atoms with van der Waals surface area (Å²) >= 11 is 0. The van der Waals surface area contributed by atoms with E-state index in [1.807, 2.05) is 6.92 Å². The van der Waals surface area contributed by atoms with Crippen LogP contribution >= 0.6 is 0 Å². The topological polar surface area (TPSA) is 96.7 Å². The van der Waals surface area contributed by atoms with Crippen LogP contribution in [0.3, 0.4) is 0 Å². The molecule has 0 aromatic carbocycles. The van der Waals surface area contributed by atoms with E-state index in [2.05, 4.69) is 10.1 Å². The Bertz CT molecular complexity index is 656. The SMILES string of the molecule is CCCOC(=O)c1c(=O)[nH]n2c(O)cc(C)nc12. The van der Waals surface area contributed by atoms with Crippen molar-refractivity contribution in [3.63, 3.8) is 0 Å². The van der Waals surface area contributed by atoms with Crippen molar-refractivity contribution in [2.45, 2.75) is 20.3 Å². The van der Waals surface area contributed by atoms with Crippen molar-refractivity contribution in [1.82, 2.24) is 14.6 Å². The van der Waals surface area contributed by atoms with Gasteiger partial charge < -0.3 is 9.84 Å². The molecular weight excluding hydrogens is 238 g/mol. The zero-order valence-corrected chi connectivity index (χ0v) is 10.1. The third-order valence-corrected chi connectivity index (χ3v) is 2.37. The number of ether oxygens (including phenoxy) is 1. The number of rotatable bonds is 3. The van der Waals surface area contributed by atoms with Gasteiger partial charge in [0.2, 0.25) is 5.88 Å². The molecule has 0 bridgehead atoms. The lowest BCUT2D eigenvalue weighted by Gasteiger charge is -2.02. The van der Waals surface area contributed by atoms with Crippen molar-refractivity contribution in [1.29, 1.82) is 0 Å². The van der Waals surface area contributed by atoms with Gasteiger partial charge in [0.25, 0.3) is 5.56 Å². The molecule has 0 fully saturated rings. The molecule has 7 nitrogen and oxygen atoms in total. The van der Waals surface area contributed by atoms with Crippen molar-refractivity contribution < 1.29 is 14.6 Å². The third-order valence-electron chi connectivity index (χ3n) is 2.37. The number of hydrogen-bond acceptors (Lipinski definition) is 5. The summed E-state index contributed by atoms with van der Waals surface area (Å²) in [5.41, 5.74) is -0.262. The Morgan fingerprint density at radius 2 is 2.33 bits per heavy atom. The van der Waals surface area contributed by atoms with E-state index in [4.69, 9.17) is 4.74 Å². The summed E-state index contributed by atoms with van der Waals surface area (Å²) in [5.74, 6) is -0.928. The Balaban J connectivity index is 2.60. The Morgan fingerprint density at radius 3 is 3.00 bits per heavy atom. The van der Waals surface area contributed by atoms with Gasteiger partial charge in [0.15, 0.2) is 11.2 Å². The number of aromatic hydroxyl groups is 1. The van der Waals surface area contributed by atoms with E-state index in [1.54, 1.807) is 6.92 Å². The van der Waals surface area contributed by atoms with E-state index in [0.717, 1.165) is 4.52 Å². The molecule has 0 radical (unpaired) electrons. The summed E-state index contributed by atoms with van der Waals surface area (Å²) < 4.78 is 5.96. The van der Waals surface area contributed by atoms with Crippen LogP contribution in [0.4, 0.5) is 0 Å². The van der Waals surface area contributed by atoms with Crippen molar-refractivity contribution in [2.24, 2.45) is 0 Å². The molecule has 2 rings (SSSR count). The number of esters is 1. The summed E-state index contributed by atoms with van der Waals surface area (Å²) in [6, 6.07) is 1.38. The minimum Gasteiger partial charge on any atom is -0.493 e. The van der Waals surface area contributed by atoms with E-state index in [9.17, 15) is 14.7 Å². The van der Waals surface area contributed by atoms with Crippen LogP contribution in [0.15, 0.2) is 10.9 Å². The van der Waals surface area contributed by atoms with Gasteiger partial charge in [-0.15, -0.1) is 0 Å². The van der Waals surface area contributed by atoms with E-state index in [1.165, 1.54) is 6.07 Å². The summed E-state index contributed by atoms with van der Waals surface area (Å²) in [4.78, 5) is 27.5. The summed E-state index contributed by atoms with van der Waals surface area (Å²) in [6.07, 6.45) is 0.660. The first-order valence-corrected chi connectivity index (χ1v) is 5.53. The molecule has 0 saturated carbocycles. The second-order valence-electron chi connectivity index (χ2n) is 3.87. The molecule has 18 heavy (non-hydrogen) atoms. The number of carbonyl (C=O) groups excluding carboxylic acids is 1. The minimum absolute atomic E-state index is 0.0682. The fraction of sp³-hybridized carbons (Fsp3) is 0.364. The average molecular weight is 251 g/mol. The van der Waals surface area contributed by atoms with E-state index in [0.29, 0.717) is 12.1 Å². The smallest absolute Gasteiger partial charge is 0.347 e. The minimum atomic E-state index is -0.738. The number of hydrogen-bond donors (Lipinski definition) is 2. The number of nitrogens with one attached hydrogen (secondary N) is 1. The first-order chi connectivity index (χ1) is 8.54. The van der Waals surface area contributed by atoms with Gasteiger partial charge in [-0.25, -0.2) is 14.3 Å². The van der Waals surface area contributed by atoms with Gasteiger partial charge in [-0.3, -0.25) is 9.89 Å². The number of aromatic amines is 1. The highest BCUT2D eigenvalue weighted by Gasteiger charge is 2.21. The molecule has 2 aromatic rings. The van der Waals surface area contributed by atoms with Crippen molar-refractivity contribution in [3.8, 4) is 5.88 Å². The number of fused-ring (bicyclic) bond motifs is 1. The number of aromatic nitrogens is 3.